The quantitative estimate of drug-likeness (QED) is 0.805. The third-order valence-corrected chi connectivity index (χ3v) is 2.69. The van der Waals surface area contributed by atoms with E-state index in [-0.39, 0.29) is 6.61 Å². The Labute approximate surface area is 108 Å². The van der Waals surface area contributed by atoms with Crippen molar-refractivity contribution in [2.24, 2.45) is 4.99 Å². The van der Waals surface area contributed by atoms with Crippen LogP contribution in [0.15, 0.2) is 71.3 Å². The van der Waals surface area contributed by atoms with E-state index in [0.717, 1.165) is 23.3 Å². The first-order valence-electron chi connectivity index (χ1n) is 6.16. The van der Waals surface area contributed by atoms with Gasteiger partial charge in [-0.3, -0.25) is 4.99 Å². The highest BCUT2D eigenvalue weighted by atomic mass is 16.3. The van der Waals surface area contributed by atoms with Crippen LogP contribution in [0.1, 0.15) is 12.0 Å². The Hall–Kier alpha value is -1.93. The minimum Gasteiger partial charge on any atom is -0.394 e. The average molecular weight is 239 g/mol. The Morgan fingerprint density at radius 3 is 2.78 bits per heavy atom. The number of rotatable bonds is 4. The number of hydrogen-bond acceptors (Lipinski definition) is 2. The molecule has 0 aliphatic heterocycles. The van der Waals surface area contributed by atoms with Gasteiger partial charge in [-0.2, -0.15) is 0 Å². The Balaban J connectivity index is 2.35. The fraction of sp³-hybridized carbons (Fsp3) is 0.188. The van der Waals surface area contributed by atoms with Crippen molar-refractivity contribution < 1.29 is 5.11 Å². The zero-order valence-corrected chi connectivity index (χ0v) is 10.3. The van der Waals surface area contributed by atoms with Gasteiger partial charge in [0.25, 0.3) is 0 Å². The lowest BCUT2D eigenvalue weighted by Crippen LogP contribution is -2.06. The zero-order valence-electron chi connectivity index (χ0n) is 10.3. The summed E-state index contributed by atoms with van der Waals surface area (Å²) in [4.78, 5) is 4.50. The number of allylic oxidation sites excluding steroid dienone is 6. The molecule has 0 atom stereocenters. The molecule has 92 valence electrons. The highest BCUT2D eigenvalue weighted by Crippen LogP contribution is 2.14. The predicted molar refractivity (Wildman–Crippen MR) is 75.9 cm³/mol. The Kier molecular flexibility index (Phi) is 4.68. The van der Waals surface area contributed by atoms with E-state index in [1.165, 1.54) is 0 Å². The first-order valence-corrected chi connectivity index (χ1v) is 6.16. The van der Waals surface area contributed by atoms with Crippen molar-refractivity contribution in [3.63, 3.8) is 0 Å². The standard InChI is InChI=1S/C16H17NO/c18-13-12-17-16(15-10-6-3-7-11-15)14-8-4-1-2-5-9-14/h1-4,6-11,18H,5,12-13H2. The van der Waals surface area contributed by atoms with Crippen LogP contribution in [0.25, 0.3) is 0 Å². The molecule has 2 rings (SSSR count). The Bertz CT molecular complexity index is 495. The Morgan fingerprint density at radius 2 is 2.00 bits per heavy atom. The summed E-state index contributed by atoms with van der Waals surface area (Å²) in [6.45, 7) is 0.508. The summed E-state index contributed by atoms with van der Waals surface area (Å²) in [5.74, 6) is 0. The van der Waals surface area contributed by atoms with E-state index in [4.69, 9.17) is 5.11 Å². The normalized spacial score (nSPS) is 15.4. The maximum Gasteiger partial charge on any atom is 0.0716 e. The molecule has 1 aliphatic carbocycles. The molecule has 0 aromatic heterocycles. The molecular formula is C16H17NO. The topological polar surface area (TPSA) is 32.6 Å². The van der Waals surface area contributed by atoms with E-state index in [9.17, 15) is 0 Å². The molecular weight excluding hydrogens is 222 g/mol. The molecule has 0 saturated heterocycles. The van der Waals surface area contributed by atoms with Crippen molar-refractivity contribution in [1.29, 1.82) is 0 Å². The van der Waals surface area contributed by atoms with E-state index < -0.39 is 0 Å². The molecule has 1 N–H and O–H groups in total. The van der Waals surface area contributed by atoms with Crippen LogP contribution < -0.4 is 0 Å². The van der Waals surface area contributed by atoms with Crippen LogP contribution in [-0.2, 0) is 0 Å². The maximum absolute atomic E-state index is 8.96. The molecule has 18 heavy (non-hydrogen) atoms. The summed E-state index contributed by atoms with van der Waals surface area (Å²) in [7, 11) is 0. The number of hydrogen-bond donors (Lipinski definition) is 1. The summed E-state index contributed by atoms with van der Waals surface area (Å²) < 4.78 is 0. The van der Waals surface area contributed by atoms with Crippen LogP contribution in [0, 0.1) is 0 Å². The number of aliphatic imine (C=N–C) groups is 1. The molecule has 0 bridgehead atoms. The van der Waals surface area contributed by atoms with Gasteiger partial charge in [0, 0.05) is 5.56 Å². The summed E-state index contributed by atoms with van der Waals surface area (Å²) in [5, 5.41) is 8.96. The van der Waals surface area contributed by atoms with E-state index in [0.29, 0.717) is 6.54 Å². The Morgan fingerprint density at radius 1 is 1.17 bits per heavy atom. The van der Waals surface area contributed by atoms with Crippen molar-refractivity contribution in [2.45, 2.75) is 6.42 Å². The molecule has 0 spiro atoms. The fourth-order valence-corrected chi connectivity index (χ4v) is 1.86. The van der Waals surface area contributed by atoms with Gasteiger partial charge in [-0.25, -0.2) is 0 Å². The van der Waals surface area contributed by atoms with Gasteiger partial charge in [-0.1, -0.05) is 60.7 Å². The van der Waals surface area contributed by atoms with E-state index in [1.807, 2.05) is 42.5 Å². The van der Waals surface area contributed by atoms with Crippen LogP contribution in [0.4, 0.5) is 0 Å². The smallest absolute Gasteiger partial charge is 0.0716 e. The SMILES string of the molecule is OCCN=C(C1=CCC=CC=C1)c1ccccc1. The molecule has 1 aromatic rings. The van der Waals surface area contributed by atoms with Gasteiger partial charge in [0.15, 0.2) is 0 Å². The van der Waals surface area contributed by atoms with Gasteiger partial charge < -0.3 is 5.11 Å². The average Bonchev–Trinajstić information content (AvgIpc) is 2.70. The zero-order chi connectivity index (χ0) is 12.6. The van der Waals surface area contributed by atoms with Gasteiger partial charge >= 0.3 is 0 Å². The van der Waals surface area contributed by atoms with Crippen LogP contribution in [0.2, 0.25) is 0 Å². The van der Waals surface area contributed by atoms with Crippen molar-refractivity contribution >= 4 is 5.71 Å². The molecule has 0 fully saturated rings. The first-order chi connectivity index (χ1) is 8.92. The largest absolute Gasteiger partial charge is 0.394 e. The predicted octanol–water partition coefficient (Wildman–Crippen LogP) is 2.91. The minimum atomic E-state index is 0.0750. The van der Waals surface area contributed by atoms with Crippen molar-refractivity contribution in [2.75, 3.05) is 13.2 Å². The van der Waals surface area contributed by atoms with Crippen LogP contribution in [0.3, 0.4) is 0 Å². The molecule has 0 heterocycles. The monoisotopic (exact) mass is 239 g/mol. The van der Waals surface area contributed by atoms with E-state index >= 15 is 0 Å². The van der Waals surface area contributed by atoms with E-state index in [1.54, 1.807) is 0 Å². The lowest BCUT2D eigenvalue weighted by Gasteiger charge is -2.08. The van der Waals surface area contributed by atoms with Crippen molar-refractivity contribution in [3.05, 3.63) is 71.8 Å². The summed E-state index contributed by atoms with van der Waals surface area (Å²) in [5.41, 5.74) is 3.15. The maximum atomic E-state index is 8.96. The molecule has 0 saturated carbocycles. The third kappa shape index (κ3) is 3.28. The second-order valence-corrected chi connectivity index (χ2v) is 4.00. The minimum absolute atomic E-state index is 0.0750. The van der Waals surface area contributed by atoms with Gasteiger partial charge in [-0.15, -0.1) is 0 Å². The lowest BCUT2D eigenvalue weighted by atomic mass is 10.0. The molecule has 1 aliphatic rings. The molecule has 2 nitrogen and oxygen atoms in total. The lowest BCUT2D eigenvalue weighted by molar-refractivity contribution is 0.307. The fourth-order valence-electron chi connectivity index (χ4n) is 1.86. The second kappa shape index (κ2) is 6.72. The first kappa shape index (κ1) is 12.5. The summed E-state index contributed by atoms with van der Waals surface area (Å²) in [6.07, 6.45) is 11.3. The second-order valence-electron chi connectivity index (χ2n) is 4.00. The molecule has 2 heteroatoms. The number of aliphatic hydroxyl groups is 1. The van der Waals surface area contributed by atoms with Gasteiger partial charge in [0.2, 0.25) is 0 Å². The third-order valence-electron chi connectivity index (χ3n) is 2.69. The summed E-state index contributed by atoms with van der Waals surface area (Å²) >= 11 is 0. The van der Waals surface area contributed by atoms with Crippen LogP contribution in [0.5, 0.6) is 0 Å². The van der Waals surface area contributed by atoms with Gasteiger partial charge in [0.05, 0.1) is 18.9 Å². The molecule has 0 unspecified atom stereocenters. The number of aliphatic hydroxyl groups excluding tert-OH is 1. The summed E-state index contributed by atoms with van der Waals surface area (Å²) in [6, 6.07) is 10.1. The van der Waals surface area contributed by atoms with Crippen molar-refractivity contribution in [1.82, 2.24) is 0 Å². The number of benzene rings is 1. The van der Waals surface area contributed by atoms with E-state index in [2.05, 4.69) is 23.2 Å². The highest BCUT2D eigenvalue weighted by molar-refractivity contribution is 6.14. The van der Waals surface area contributed by atoms with Gasteiger partial charge in [0.1, 0.15) is 0 Å². The van der Waals surface area contributed by atoms with Crippen molar-refractivity contribution in [3.8, 4) is 0 Å². The van der Waals surface area contributed by atoms with Crippen LogP contribution >= 0.6 is 0 Å². The number of nitrogens with zero attached hydrogens (tertiary/aromatic N) is 1. The molecule has 0 radical (unpaired) electrons. The highest BCUT2D eigenvalue weighted by Gasteiger charge is 2.07. The van der Waals surface area contributed by atoms with Gasteiger partial charge in [-0.05, 0) is 12.0 Å². The van der Waals surface area contributed by atoms with Crippen LogP contribution in [-0.4, -0.2) is 24.0 Å². The molecule has 0 amide bonds. The molecule has 1 aromatic carbocycles.